The first-order valence-electron chi connectivity index (χ1n) is 11.0. The van der Waals surface area contributed by atoms with Crippen molar-refractivity contribution in [3.63, 3.8) is 0 Å². The van der Waals surface area contributed by atoms with Crippen molar-refractivity contribution in [1.82, 2.24) is 9.88 Å². The first-order chi connectivity index (χ1) is 14.1. The summed E-state index contributed by atoms with van der Waals surface area (Å²) in [5.74, 6) is 1.35. The van der Waals surface area contributed by atoms with Crippen molar-refractivity contribution in [1.29, 1.82) is 0 Å². The van der Waals surface area contributed by atoms with Crippen molar-refractivity contribution >= 4 is 28.0 Å². The van der Waals surface area contributed by atoms with Crippen LogP contribution in [0.1, 0.15) is 47.2 Å². The van der Waals surface area contributed by atoms with E-state index in [-0.39, 0.29) is 0 Å². The Morgan fingerprint density at radius 3 is 2.52 bits per heavy atom. The summed E-state index contributed by atoms with van der Waals surface area (Å²) in [4.78, 5) is 7.44. The third kappa shape index (κ3) is 3.67. The molecule has 1 unspecified atom stereocenters. The number of benzene rings is 2. The molecule has 0 spiro atoms. The van der Waals surface area contributed by atoms with Gasteiger partial charge in [-0.05, 0) is 92.9 Å². The summed E-state index contributed by atoms with van der Waals surface area (Å²) in [6, 6.07) is 15.5. The van der Waals surface area contributed by atoms with E-state index >= 15 is 0 Å². The van der Waals surface area contributed by atoms with Gasteiger partial charge in [0.15, 0.2) is 0 Å². The molecular formula is C26H30N2S. The molecule has 1 atom stereocenters. The van der Waals surface area contributed by atoms with Gasteiger partial charge in [-0.3, -0.25) is 4.90 Å². The minimum absolute atomic E-state index is 0.544. The molecule has 29 heavy (non-hydrogen) atoms. The molecule has 1 aromatic heterocycles. The average molecular weight is 403 g/mol. The molecule has 0 saturated carbocycles. The first-order valence-corrected chi connectivity index (χ1v) is 11.4. The molecule has 2 aromatic carbocycles. The molecule has 2 heterocycles. The summed E-state index contributed by atoms with van der Waals surface area (Å²) in [6.45, 7) is 7.91. The Labute approximate surface area is 179 Å². The zero-order valence-corrected chi connectivity index (χ0v) is 18.3. The lowest BCUT2D eigenvalue weighted by Gasteiger charge is -2.33. The van der Waals surface area contributed by atoms with Crippen LogP contribution in [0.25, 0.3) is 10.9 Å². The van der Waals surface area contributed by atoms with Gasteiger partial charge in [0.1, 0.15) is 0 Å². The zero-order chi connectivity index (χ0) is 20.0. The Hall–Kier alpha value is -1.97. The van der Waals surface area contributed by atoms with Crippen LogP contribution in [-0.4, -0.2) is 27.8 Å². The maximum Gasteiger partial charge on any atom is 0.0568 e. The van der Waals surface area contributed by atoms with E-state index in [0.29, 0.717) is 5.92 Å². The SMILES string of the molecule is Cc1cc2[nH]c3c(c2cc1C)CC(CC1CCN(Cc2ccccc2)CC1)C3=S. The van der Waals surface area contributed by atoms with Crippen molar-refractivity contribution in [3.05, 3.63) is 70.4 Å². The molecule has 0 radical (unpaired) electrons. The van der Waals surface area contributed by atoms with Crippen molar-refractivity contribution in [3.8, 4) is 0 Å². The monoisotopic (exact) mass is 402 g/mol. The molecule has 5 rings (SSSR count). The van der Waals surface area contributed by atoms with Crippen molar-refractivity contribution in [2.24, 2.45) is 11.8 Å². The first kappa shape index (κ1) is 19.0. The Morgan fingerprint density at radius 2 is 1.76 bits per heavy atom. The summed E-state index contributed by atoms with van der Waals surface area (Å²) in [6.07, 6.45) is 4.99. The highest BCUT2D eigenvalue weighted by molar-refractivity contribution is 7.80. The van der Waals surface area contributed by atoms with E-state index in [4.69, 9.17) is 12.2 Å². The number of nitrogens with one attached hydrogen (secondary N) is 1. The number of thiocarbonyl (C=S) groups is 1. The van der Waals surface area contributed by atoms with Gasteiger partial charge in [-0.2, -0.15) is 0 Å². The molecule has 150 valence electrons. The lowest BCUT2D eigenvalue weighted by Crippen LogP contribution is -2.34. The number of hydrogen-bond donors (Lipinski definition) is 1. The van der Waals surface area contributed by atoms with Crippen LogP contribution in [0.3, 0.4) is 0 Å². The molecule has 1 aliphatic carbocycles. The zero-order valence-electron chi connectivity index (χ0n) is 17.5. The number of rotatable bonds is 4. The second-order valence-corrected chi connectivity index (χ2v) is 9.61. The van der Waals surface area contributed by atoms with Gasteiger partial charge in [0, 0.05) is 28.2 Å². The lowest BCUT2D eigenvalue weighted by molar-refractivity contribution is 0.167. The summed E-state index contributed by atoms with van der Waals surface area (Å²) < 4.78 is 0. The van der Waals surface area contributed by atoms with Gasteiger partial charge < -0.3 is 4.98 Å². The van der Waals surface area contributed by atoms with Crippen LogP contribution in [0.2, 0.25) is 0 Å². The molecule has 2 nitrogen and oxygen atoms in total. The molecule has 1 N–H and O–H groups in total. The van der Waals surface area contributed by atoms with Gasteiger partial charge in [-0.1, -0.05) is 42.5 Å². The van der Waals surface area contributed by atoms with E-state index in [1.165, 1.54) is 76.1 Å². The van der Waals surface area contributed by atoms with Crippen LogP contribution in [-0.2, 0) is 13.0 Å². The van der Waals surface area contributed by atoms with Crippen molar-refractivity contribution in [2.75, 3.05) is 13.1 Å². The summed E-state index contributed by atoms with van der Waals surface area (Å²) in [7, 11) is 0. The van der Waals surface area contributed by atoms with E-state index in [1.54, 1.807) is 0 Å². The van der Waals surface area contributed by atoms with Gasteiger partial charge in [0.2, 0.25) is 0 Å². The Kier molecular flexibility index (Phi) is 5.05. The molecule has 3 heteroatoms. The fraction of sp³-hybridized carbons (Fsp3) is 0.423. The number of fused-ring (bicyclic) bond motifs is 3. The Balaban J connectivity index is 1.22. The van der Waals surface area contributed by atoms with Crippen LogP contribution >= 0.6 is 12.2 Å². The molecule has 1 fully saturated rings. The summed E-state index contributed by atoms with van der Waals surface area (Å²) >= 11 is 5.94. The molecule has 1 saturated heterocycles. The highest BCUT2D eigenvalue weighted by Gasteiger charge is 2.33. The van der Waals surface area contributed by atoms with Crippen LogP contribution < -0.4 is 0 Å². The summed E-state index contributed by atoms with van der Waals surface area (Å²) in [5, 5.41) is 1.39. The predicted molar refractivity (Wildman–Crippen MR) is 126 cm³/mol. The van der Waals surface area contributed by atoms with Gasteiger partial charge in [-0.25, -0.2) is 0 Å². The molecular weight excluding hydrogens is 372 g/mol. The van der Waals surface area contributed by atoms with E-state index in [2.05, 4.69) is 66.2 Å². The largest absolute Gasteiger partial charge is 0.354 e. The van der Waals surface area contributed by atoms with Crippen molar-refractivity contribution in [2.45, 2.75) is 46.1 Å². The van der Waals surface area contributed by atoms with E-state index in [0.717, 1.165) is 18.9 Å². The minimum atomic E-state index is 0.544. The van der Waals surface area contributed by atoms with Gasteiger partial charge in [-0.15, -0.1) is 0 Å². The molecule has 0 bridgehead atoms. The number of piperidine rings is 1. The number of likely N-dealkylation sites (tertiary alicyclic amines) is 1. The van der Waals surface area contributed by atoms with Gasteiger partial charge in [0.05, 0.1) is 5.69 Å². The third-order valence-corrected chi connectivity index (χ3v) is 7.70. The smallest absolute Gasteiger partial charge is 0.0568 e. The van der Waals surface area contributed by atoms with Crippen molar-refractivity contribution < 1.29 is 0 Å². The standard InChI is InChI=1S/C26H30N2S/c1-17-12-22-23-15-21(26(29)25(23)27-24(22)13-18(17)2)14-19-8-10-28(11-9-19)16-20-6-4-3-5-7-20/h3-7,12-13,19,21,27H,8-11,14-16H2,1-2H3. The second-order valence-electron chi connectivity index (χ2n) is 9.17. The minimum Gasteiger partial charge on any atom is -0.354 e. The van der Waals surface area contributed by atoms with Crippen LogP contribution in [0, 0.1) is 25.7 Å². The van der Waals surface area contributed by atoms with Gasteiger partial charge >= 0.3 is 0 Å². The molecule has 3 aromatic rings. The predicted octanol–water partition coefficient (Wildman–Crippen LogP) is 5.98. The van der Waals surface area contributed by atoms with E-state index in [1.807, 2.05) is 0 Å². The third-order valence-electron chi connectivity index (χ3n) is 7.16. The van der Waals surface area contributed by atoms with Crippen LogP contribution in [0.15, 0.2) is 42.5 Å². The normalized spacial score (nSPS) is 20.5. The number of H-pyrrole nitrogens is 1. The van der Waals surface area contributed by atoms with Crippen LogP contribution in [0.5, 0.6) is 0 Å². The molecule has 1 aliphatic heterocycles. The number of hydrogen-bond acceptors (Lipinski definition) is 2. The highest BCUT2D eigenvalue weighted by Crippen LogP contribution is 2.38. The fourth-order valence-electron chi connectivity index (χ4n) is 5.29. The number of aryl methyl sites for hydroxylation is 2. The summed E-state index contributed by atoms with van der Waals surface area (Å²) in [5.41, 5.74) is 8.14. The van der Waals surface area contributed by atoms with Gasteiger partial charge in [0.25, 0.3) is 0 Å². The lowest BCUT2D eigenvalue weighted by atomic mass is 9.85. The number of aromatic nitrogens is 1. The number of nitrogens with zero attached hydrogens (tertiary/aromatic N) is 1. The Bertz CT molecular complexity index is 1040. The quantitative estimate of drug-likeness (QED) is 0.542. The number of aromatic amines is 1. The maximum atomic E-state index is 5.94. The second kappa shape index (κ2) is 7.70. The Morgan fingerprint density at radius 1 is 1.03 bits per heavy atom. The fourth-order valence-corrected chi connectivity index (χ4v) is 5.65. The van der Waals surface area contributed by atoms with Crippen LogP contribution in [0.4, 0.5) is 0 Å². The molecule has 0 amide bonds. The average Bonchev–Trinajstić information content (AvgIpc) is 3.21. The molecule has 2 aliphatic rings. The van der Waals surface area contributed by atoms with E-state index in [9.17, 15) is 0 Å². The van der Waals surface area contributed by atoms with E-state index < -0.39 is 0 Å². The maximum absolute atomic E-state index is 5.94. The topological polar surface area (TPSA) is 19.0 Å². The highest BCUT2D eigenvalue weighted by atomic mass is 32.1.